The SMILES string of the molecule is CCCCCCC(C)NC(=O)Nc1cccc(OCC(=O)N(C)C)c1. The Kier molecular flexibility index (Phi) is 9.43. The molecule has 0 aliphatic rings. The van der Waals surface area contributed by atoms with Gasteiger partial charge in [-0.2, -0.15) is 0 Å². The molecule has 140 valence electrons. The van der Waals surface area contributed by atoms with Crippen LogP contribution in [0.5, 0.6) is 5.75 Å². The third-order valence-electron chi connectivity index (χ3n) is 3.82. The first-order valence-electron chi connectivity index (χ1n) is 8.93. The molecule has 1 rings (SSSR count). The lowest BCUT2D eigenvalue weighted by Gasteiger charge is -2.15. The van der Waals surface area contributed by atoms with Gasteiger partial charge in [-0.3, -0.25) is 4.79 Å². The minimum absolute atomic E-state index is 0.0303. The Labute approximate surface area is 150 Å². The summed E-state index contributed by atoms with van der Waals surface area (Å²) in [6, 6.07) is 6.92. The maximum Gasteiger partial charge on any atom is 0.319 e. The molecule has 1 atom stereocenters. The van der Waals surface area contributed by atoms with Gasteiger partial charge in [-0.25, -0.2) is 4.79 Å². The number of amides is 3. The molecular weight excluding hydrogens is 318 g/mol. The Bertz CT molecular complexity index is 546. The summed E-state index contributed by atoms with van der Waals surface area (Å²) in [4.78, 5) is 25.1. The van der Waals surface area contributed by atoms with Gasteiger partial charge in [0, 0.05) is 31.9 Å². The third kappa shape index (κ3) is 8.98. The van der Waals surface area contributed by atoms with Crippen LogP contribution in [0.15, 0.2) is 24.3 Å². The fourth-order valence-corrected chi connectivity index (χ4v) is 2.28. The maximum atomic E-state index is 12.1. The summed E-state index contributed by atoms with van der Waals surface area (Å²) in [7, 11) is 3.36. The minimum atomic E-state index is -0.232. The van der Waals surface area contributed by atoms with E-state index in [2.05, 4.69) is 17.6 Å². The van der Waals surface area contributed by atoms with Crippen molar-refractivity contribution in [1.29, 1.82) is 0 Å². The first-order valence-corrected chi connectivity index (χ1v) is 8.93. The number of nitrogens with zero attached hydrogens (tertiary/aromatic N) is 1. The fourth-order valence-electron chi connectivity index (χ4n) is 2.28. The Morgan fingerprint density at radius 3 is 2.64 bits per heavy atom. The molecule has 1 unspecified atom stereocenters. The van der Waals surface area contributed by atoms with Crippen LogP contribution in [-0.2, 0) is 4.79 Å². The van der Waals surface area contributed by atoms with Crippen LogP contribution in [0.4, 0.5) is 10.5 Å². The Balaban J connectivity index is 2.41. The number of hydrogen-bond donors (Lipinski definition) is 2. The number of nitrogens with one attached hydrogen (secondary N) is 2. The summed E-state index contributed by atoms with van der Waals surface area (Å²) in [6.07, 6.45) is 5.75. The van der Waals surface area contributed by atoms with Crippen LogP contribution in [0.25, 0.3) is 0 Å². The highest BCUT2D eigenvalue weighted by atomic mass is 16.5. The lowest BCUT2D eigenvalue weighted by molar-refractivity contribution is -0.130. The first-order chi connectivity index (χ1) is 11.9. The van der Waals surface area contributed by atoms with Gasteiger partial charge in [0.2, 0.25) is 0 Å². The van der Waals surface area contributed by atoms with Gasteiger partial charge in [-0.05, 0) is 25.5 Å². The summed E-state index contributed by atoms with van der Waals surface area (Å²) in [5, 5.41) is 5.74. The molecule has 0 aliphatic heterocycles. The number of carbonyl (C=O) groups is 2. The van der Waals surface area contributed by atoms with Crippen LogP contribution in [0.1, 0.15) is 46.0 Å². The molecule has 0 heterocycles. The topological polar surface area (TPSA) is 70.7 Å². The molecule has 6 heteroatoms. The molecule has 0 spiro atoms. The van der Waals surface area contributed by atoms with Gasteiger partial charge in [0.1, 0.15) is 5.75 Å². The van der Waals surface area contributed by atoms with Crippen LogP contribution in [-0.4, -0.2) is 43.6 Å². The van der Waals surface area contributed by atoms with E-state index in [1.54, 1.807) is 38.4 Å². The molecule has 6 nitrogen and oxygen atoms in total. The summed E-state index contributed by atoms with van der Waals surface area (Å²) < 4.78 is 5.45. The highest BCUT2D eigenvalue weighted by molar-refractivity contribution is 5.89. The Morgan fingerprint density at radius 2 is 1.96 bits per heavy atom. The minimum Gasteiger partial charge on any atom is -0.484 e. The molecule has 0 aliphatic carbocycles. The number of unbranched alkanes of at least 4 members (excludes halogenated alkanes) is 3. The number of anilines is 1. The molecule has 1 aromatic rings. The van der Waals surface area contributed by atoms with Crippen molar-refractivity contribution in [2.75, 3.05) is 26.0 Å². The molecule has 2 N–H and O–H groups in total. The number of ether oxygens (including phenoxy) is 1. The lowest BCUT2D eigenvalue weighted by Crippen LogP contribution is -2.36. The van der Waals surface area contributed by atoms with Gasteiger partial charge in [0.25, 0.3) is 5.91 Å². The zero-order valence-corrected chi connectivity index (χ0v) is 15.8. The van der Waals surface area contributed by atoms with Crippen molar-refractivity contribution < 1.29 is 14.3 Å². The average molecular weight is 349 g/mol. The molecule has 1 aromatic carbocycles. The van der Waals surface area contributed by atoms with E-state index in [0.717, 1.165) is 12.8 Å². The van der Waals surface area contributed by atoms with Crippen LogP contribution in [0.3, 0.4) is 0 Å². The van der Waals surface area contributed by atoms with Crippen LogP contribution >= 0.6 is 0 Å². The summed E-state index contributed by atoms with van der Waals surface area (Å²) in [5.74, 6) is 0.425. The highest BCUT2D eigenvalue weighted by Gasteiger charge is 2.09. The van der Waals surface area contributed by atoms with Crippen LogP contribution in [0, 0.1) is 0 Å². The maximum absolute atomic E-state index is 12.1. The number of rotatable bonds is 10. The molecule has 0 radical (unpaired) electrons. The largest absolute Gasteiger partial charge is 0.484 e. The van der Waals surface area contributed by atoms with E-state index in [0.29, 0.717) is 11.4 Å². The molecule has 0 fully saturated rings. The quantitative estimate of drug-likeness (QED) is 0.634. The molecule has 0 aromatic heterocycles. The van der Waals surface area contributed by atoms with Crippen molar-refractivity contribution in [2.24, 2.45) is 0 Å². The van der Waals surface area contributed by atoms with Gasteiger partial charge in [0.05, 0.1) is 0 Å². The Hall–Kier alpha value is -2.24. The van der Waals surface area contributed by atoms with E-state index >= 15 is 0 Å². The third-order valence-corrected chi connectivity index (χ3v) is 3.82. The van der Waals surface area contributed by atoms with Crippen molar-refractivity contribution in [1.82, 2.24) is 10.2 Å². The van der Waals surface area contributed by atoms with Gasteiger partial charge in [-0.1, -0.05) is 38.7 Å². The van der Waals surface area contributed by atoms with Crippen LogP contribution in [0.2, 0.25) is 0 Å². The highest BCUT2D eigenvalue weighted by Crippen LogP contribution is 2.17. The van der Waals surface area contributed by atoms with Crippen molar-refractivity contribution >= 4 is 17.6 Å². The van der Waals surface area contributed by atoms with Gasteiger partial charge >= 0.3 is 6.03 Å². The fraction of sp³-hybridized carbons (Fsp3) is 0.579. The van der Waals surface area contributed by atoms with E-state index in [-0.39, 0.29) is 24.6 Å². The zero-order valence-electron chi connectivity index (χ0n) is 15.8. The normalized spacial score (nSPS) is 11.5. The second kappa shape index (κ2) is 11.3. The second-order valence-corrected chi connectivity index (χ2v) is 6.45. The second-order valence-electron chi connectivity index (χ2n) is 6.45. The molecular formula is C19H31N3O3. The Morgan fingerprint density at radius 1 is 1.20 bits per heavy atom. The summed E-state index contributed by atoms with van der Waals surface area (Å²) >= 11 is 0. The summed E-state index contributed by atoms with van der Waals surface area (Å²) in [5.41, 5.74) is 0.630. The molecule has 3 amide bonds. The van der Waals surface area contributed by atoms with Gasteiger partial charge < -0.3 is 20.3 Å². The molecule has 0 bridgehead atoms. The summed E-state index contributed by atoms with van der Waals surface area (Å²) in [6.45, 7) is 4.17. The number of carbonyl (C=O) groups excluding carboxylic acids is 2. The van der Waals surface area contributed by atoms with Crippen molar-refractivity contribution in [3.8, 4) is 5.75 Å². The molecule has 0 saturated carbocycles. The molecule has 0 saturated heterocycles. The van der Waals surface area contributed by atoms with E-state index in [1.165, 1.54) is 24.2 Å². The number of benzene rings is 1. The smallest absolute Gasteiger partial charge is 0.319 e. The first kappa shape index (κ1) is 20.8. The monoisotopic (exact) mass is 349 g/mol. The predicted octanol–water partition coefficient (Wildman–Crippen LogP) is 3.63. The lowest BCUT2D eigenvalue weighted by atomic mass is 10.1. The molecule has 25 heavy (non-hydrogen) atoms. The van der Waals surface area contributed by atoms with E-state index in [9.17, 15) is 9.59 Å². The van der Waals surface area contributed by atoms with E-state index < -0.39 is 0 Å². The van der Waals surface area contributed by atoms with Gasteiger partial charge in [0.15, 0.2) is 6.61 Å². The predicted molar refractivity (Wildman–Crippen MR) is 101 cm³/mol. The van der Waals surface area contributed by atoms with Crippen molar-refractivity contribution in [2.45, 2.75) is 52.0 Å². The van der Waals surface area contributed by atoms with Crippen molar-refractivity contribution in [3.63, 3.8) is 0 Å². The van der Waals surface area contributed by atoms with E-state index in [1.807, 2.05) is 6.92 Å². The number of urea groups is 1. The average Bonchev–Trinajstić information content (AvgIpc) is 2.56. The van der Waals surface area contributed by atoms with Crippen molar-refractivity contribution in [3.05, 3.63) is 24.3 Å². The van der Waals surface area contributed by atoms with E-state index in [4.69, 9.17) is 4.74 Å². The van der Waals surface area contributed by atoms with Crippen LogP contribution < -0.4 is 15.4 Å². The number of likely N-dealkylation sites (N-methyl/N-ethyl adjacent to an activating group) is 1. The number of hydrogen-bond acceptors (Lipinski definition) is 3. The zero-order chi connectivity index (χ0) is 18.7. The van der Waals surface area contributed by atoms with Gasteiger partial charge in [-0.15, -0.1) is 0 Å². The standard InChI is InChI=1S/C19H31N3O3/c1-5-6-7-8-10-15(2)20-19(24)21-16-11-9-12-17(13-16)25-14-18(23)22(3)4/h9,11-13,15H,5-8,10,14H2,1-4H3,(H2,20,21,24).